The minimum Gasteiger partial charge on any atom is -0.326 e. The Morgan fingerprint density at radius 1 is 1.35 bits per heavy atom. The first-order valence-electron chi connectivity index (χ1n) is 7.43. The van der Waals surface area contributed by atoms with Gasteiger partial charge in [-0.1, -0.05) is 6.92 Å². The number of anilines is 2. The van der Waals surface area contributed by atoms with Gasteiger partial charge in [0.1, 0.15) is 0 Å². The lowest BCUT2D eigenvalue weighted by atomic mass is 10.0. The van der Waals surface area contributed by atoms with Crippen LogP contribution in [0.25, 0.3) is 0 Å². The molecular formula is C16H20N2O2. The van der Waals surface area contributed by atoms with Crippen molar-refractivity contribution in [1.82, 2.24) is 0 Å². The van der Waals surface area contributed by atoms with Gasteiger partial charge in [-0.05, 0) is 49.4 Å². The van der Waals surface area contributed by atoms with Crippen LogP contribution in [0.2, 0.25) is 0 Å². The highest BCUT2D eigenvalue weighted by molar-refractivity contribution is 5.98. The molecule has 3 rings (SSSR count). The summed E-state index contributed by atoms with van der Waals surface area (Å²) in [5.74, 6) is 0.545. The average Bonchev–Trinajstić information content (AvgIpc) is 3.30. The number of benzene rings is 1. The van der Waals surface area contributed by atoms with Gasteiger partial charge < -0.3 is 10.2 Å². The predicted octanol–water partition coefficient (Wildman–Crippen LogP) is 2.72. The third kappa shape index (κ3) is 2.55. The van der Waals surface area contributed by atoms with E-state index in [9.17, 15) is 9.59 Å². The van der Waals surface area contributed by atoms with Crippen molar-refractivity contribution in [3.05, 3.63) is 23.8 Å². The number of carbonyl (C=O) groups is 2. The SMILES string of the molecule is CCC(=O)Nc1ccc2c(c1)CCCN2C(=O)C1CC1. The van der Waals surface area contributed by atoms with Gasteiger partial charge in [-0.25, -0.2) is 0 Å². The highest BCUT2D eigenvalue weighted by Crippen LogP contribution is 2.36. The van der Waals surface area contributed by atoms with Crippen LogP contribution in [-0.4, -0.2) is 18.4 Å². The molecule has 0 saturated heterocycles. The van der Waals surface area contributed by atoms with Gasteiger partial charge >= 0.3 is 0 Å². The fourth-order valence-electron chi connectivity index (χ4n) is 2.70. The summed E-state index contributed by atoms with van der Waals surface area (Å²) in [5.41, 5.74) is 3.03. The molecule has 0 bridgehead atoms. The van der Waals surface area contributed by atoms with Crippen LogP contribution in [0, 0.1) is 5.92 Å². The molecule has 0 unspecified atom stereocenters. The summed E-state index contributed by atoms with van der Waals surface area (Å²) in [6.45, 7) is 2.66. The van der Waals surface area contributed by atoms with E-state index in [0.29, 0.717) is 6.42 Å². The zero-order valence-corrected chi connectivity index (χ0v) is 11.8. The lowest BCUT2D eigenvalue weighted by Crippen LogP contribution is -2.36. The van der Waals surface area contributed by atoms with Gasteiger partial charge in [0.2, 0.25) is 11.8 Å². The van der Waals surface area contributed by atoms with E-state index in [2.05, 4.69) is 5.32 Å². The van der Waals surface area contributed by atoms with Crippen molar-refractivity contribution in [2.24, 2.45) is 5.92 Å². The van der Waals surface area contributed by atoms with Crippen molar-refractivity contribution in [3.8, 4) is 0 Å². The monoisotopic (exact) mass is 272 g/mol. The van der Waals surface area contributed by atoms with Gasteiger partial charge in [0.25, 0.3) is 0 Å². The van der Waals surface area contributed by atoms with Gasteiger partial charge in [-0.3, -0.25) is 9.59 Å². The number of amides is 2. The molecule has 1 heterocycles. The molecule has 1 aromatic rings. The van der Waals surface area contributed by atoms with Crippen molar-refractivity contribution in [3.63, 3.8) is 0 Å². The molecule has 4 nitrogen and oxygen atoms in total. The maximum absolute atomic E-state index is 12.3. The van der Waals surface area contributed by atoms with E-state index in [-0.39, 0.29) is 17.7 Å². The van der Waals surface area contributed by atoms with Crippen LogP contribution in [-0.2, 0) is 16.0 Å². The van der Waals surface area contributed by atoms with Gasteiger partial charge in [0.15, 0.2) is 0 Å². The van der Waals surface area contributed by atoms with E-state index in [4.69, 9.17) is 0 Å². The highest BCUT2D eigenvalue weighted by Gasteiger charge is 2.35. The fraction of sp³-hybridized carbons (Fsp3) is 0.500. The predicted molar refractivity (Wildman–Crippen MR) is 78.8 cm³/mol. The highest BCUT2D eigenvalue weighted by atomic mass is 16.2. The van der Waals surface area contributed by atoms with Crippen molar-refractivity contribution in [2.75, 3.05) is 16.8 Å². The molecule has 1 saturated carbocycles. The van der Waals surface area contributed by atoms with E-state index in [0.717, 1.165) is 43.6 Å². The van der Waals surface area contributed by atoms with E-state index in [1.165, 1.54) is 5.56 Å². The van der Waals surface area contributed by atoms with Crippen LogP contribution >= 0.6 is 0 Å². The molecule has 0 spiro atoms. The fourth-order valence-corrected chi connectivity index (χ4v) is 2.70. The molecule has 4 heteroatoms. The summed E-state index contributed by atoms with van der Waals surface area (Å²) >= 11 is 0. The molecule has 2 amide bonds. The summed E-state index contributed by atoms with van der Waals surface area (Å²) in [7, 11) is 0. The molecule has 1 aliphatic carbocycles. The normalized spacial score (nSPS) is 17.6. The van der Waals surface area contributed by atoms with Gasteiger partial charge in [-0.2, -0.15) is 0 Å². The van der Waals surface area contributed by atoms with Crippen LogP contribution in [0.5, 0.6) is 0 Å². The number of fused-ring (bicyclic) bond motifs is 1. The zero-order chi connectivity index (χ0) is 14.1. The summed E-state index contributed by atoms with van der Waals surface area (Å²) in [5, 5.41) is 2.88. The molecular weight excluding hydrogens is 252 g/mol. The first-order chi connectivity index (χ1) is 9.69. The Morgan fingerprint density at radius 3 is 2.85 bits per heavy atom. The second-order valence-electron chi connectivity index (χ2n) is 5.61. The van der Waals surface area contributed by atoms with E-state index < -0.39 is 0 Å². The van der Waals surface area contributed by atoms with Gasteiger partial charge in [0.05, 0.1) is 0 Å². The molecule has 1 aliphatic heterocycles. The van der Waals surface area contributed by atoms with Crippen LogP contribution in [0.15, 0.2) is 18.2 Å². The minimum atomic E-state index is 0.0201. The first-order valence-corrected chi connectivity index (χ1v) is 7.43. The summed E-state index contributed by atoms with van der Waals surface area (Å²) in [6.07, 6.45) is 4.52. The Labute approximate surface area is 119 Å². The topological polar surface area (TPSA) is 49.4 Å². The Kier molecular flexibility index (Phi) is 3.47. The molecule has 1 fully saturated rings. The quantitative estimate of drug-likeness (QED) is 0.919. The van der Waals surface area contributed by atoms with Crippen molar-refractivity contribution >= 4 is 23.2 Å². The van der Waals surface area contributed by atoms with Crippen molar-refractivity contribution in [1.29, 1.82) is 0 Å². The molecule has 0 aromatic heterocycles. The third-order valence-corrected chi connectivity index (χ3v) is 4.00. The second-order valence-corrected chi connectivity index (χ2v) is 5.61. The molecule has 106 valence electrons. The maximum Gasteiger partial charge on any atom is 0.230 e. The number of hydrogen-bond donors (Lipinski definition) is 1. The molecule has 2 aliphatic rings. The summed E-state index contributed by atoms with van der Waals surface area (Å²) in [6, 6.07) is 5.88. The summed E-state index contributed by atoms with van der Waals surface area (Å²) < 4.78 is 0. The number of rotatable bonds is 3. The van der Waals surface area contributed by atoms with E-state index >= 15 is 0 Å². The average molecular weight is 272 g/mol. The number of carbonyl (C=O) groups excluding carboxylic acids is 2. The smallest absolute Gasteiger partial charge is 0.230 e. The zero-order valence-electron chi connectivity index (χ0n) is 11.8. The Balaban J connectivity index is 1.83. The van der Waals surface area contributed by atoms with Crippen molar-refractivity contribution < 1.29 is 9.59 Å². The van der Waals surface area contributed by atoms with Gasteiger partial charge in [-0.15, -0.1) is 0 Å². The second kappa shape index (κ2) is 5.27. The lowest BCUT2D eigenvalue weighted by Gasteiger charge is -2.30. The van der Waals surface area contributed by atoms with Crippen molar-refractivity contribution in [2.45, 2.75) is 39.0 Å². The van der Waals surface area contributed by atoms with Crippen LogP contribution < -0.4 is 10.2 Å². The minimum absolute atomic E-state index is 0.0201. The lowest BCUT2D eigenvalue weighted by molar-refractivity contribution is -0.120. The standard InChI is InChI=1S/C16H20N2O2/c1-2-15(19)17-13-7-8-14-12(10-13)4-3-9-18(14)16(20)11-5-6-11/h7-8,10-11H,2-6,9H2,1H3,(H,17,19). The van der Waals surface area contributed by atoms with Crippen LogP contribution in [0.4, 0.5) is 11.4 Å². The third-order valence-electron chi connectivity index (χ3n) is 4.00. The van der Waals surface area contributed by atoms with E-state index in [1.54, 1.807) is 0 Å². The first kappa shape index (κ1) is 13.2. The molecule has 20 heavy (non-hydrogen) atoms. The van der Waals surface area contributed by atoms with Crippen LogP contribution in [0.1, 0.15) is 38.2 Å². The summed E-state index contributed by atoms with van der Waals surface area (Å²) in [4.78, 5) is 25.7. The molecule has 1 aromatic carbocycles. The molecule has 0 radical (unpaired) electrons. The van der Waals surface area contributed by atoms with Gasteiger partial charge in [0, 0.05) is 30.3 Å². The maximum atomic E-state index is 12.3. The van der Waals surface area contributed by atoms with E-state index in [1.807, 2.05) is 30.0 Å². The van der Waals surface area contributed by atoms with Crippen LogP contribution in [0.3, 0.4) is 0 Å². The number of aryl methyl sites for hydroxylation is 1. The Hall–Kier alpha value is -1.84. The number of nitrogens with one attached hydrogen (secondary N) is 1. The number of hydrogen-bond acceptors (Lipinski definition) is 2. The Bertz CT molecular complexity index is 549. The largest absolute Gasteiger partial charge is 0.326 e. The molecule has 0 atom stereocenters. The molecule has 1 N–H and O–H groups in total. The Morgan fingerprint density at radius 2 is 2.15 bits per heavy atom. The number of nitrogens with zero attached hydrogens (tertiary/aromatic N) is 1.